The average molecular weight is 289 g/mol. The lowest BCUT2D eigenvalue weighted by molar-refractivity contribution is 0.111. The number of nitrogens with one attached hydrogen (secondary N) is 1. The number of nitrogens with zero attached hydrogens (tertiary/aromatic N) is 2. The van der Waals surface area contributed by atoms with Crippen LogP contribution in [-0.2, 0) is 24.3 Å². The Balaban J connectivity index is 1.50. The summed E-state index contributed by atoms with van der Waals surface area (Å²) in [7, 11) is 0. The summed E-state index contributed by atoms with van der Waals surface area (Å²) in [5.41, 5.74) is 1.30. The number of rotatable bonds is 10. The maximum atomic E-state index is 5.54. The van der Waals surface area contributed by atoms with Crippen LogP contribution in [0.2, 0.25) is 0 Å². The minimum absolute atomic E-state index is 0.423. The van der Waals surface area contributed by atoms with Crippen LogP contribution in [0.1, 0.15) is 37.0 Å². The Morgan fingerprint density at radius 3 is 2.90 bits per heavy atom. The Kier molecular flexibility index (Phi) is 6.91. The largest absolute Gasteiger partial charge is 0.373 e. The molecule has 0 aliphatic rings. The van der Waals surface area contributed by atoms with Crippen LogP contribution in [0.5, 0.6) is 0 Å². The van der Waals surface area contributed by atoms with Gasteiger partial charge in [-0.25, -0.2) is 0 Å². The first kappa shape index (κ1) is 15.7. The second kappa shape index (κ2) is 9.26. The van der Waals surface area contributed by atoms with E-state index in [1.807, 2.05) is 6.07 Å². The van der Waals surface area contributed by atoms with Gasteiger partial charge in [0.05, 0.1) is 0 Å². The van der Waals surface area contributed by atoms with Crippen molar-refractivity contribution >= 4 is 0 Å². The van der Waals surface area contributed by atoms with Crippen molar-refractivity contribution in [3.8, 4) is 0 Å². The number of ether oxygens (including phenoxy) is 1. The fraction of sp³-hybridized carbons (Fsp3) is 0.500. The predicted molar refractivity (Wildman–Crippen MR) is 80.7 cm³/mol. The van der Waals surface area contributed by atoms with Crippen LogP contribution in [0.15, 0.2) is 34.9 Å². The molecule has 5 heteroatoms. The molecule has 0 saturated carbocycles. The molecule has 21 heavy (non-hydrogen) atoms. The quantitative estimate of drug-likeness (QED) is 0.681. The summed E-state index contributed by atoms with van der Waals surface area (Å²) in [4.78, 5) is 4.26. The third-order valence-corrected chi connectivity index (χ3v) is 3.02. The molecule has 0 unspecified atom stereocenters. The molecule has 1 aromatic carbocycles. The van der Waals surface area contributed by atoms with E-state index in [0.29, 0.717) is 24.9 Å². The zero-order valence-corrected chi connectivity index (χ0v) is 12.5. The first-order valence-corrected chi connectivity index (χ1v) is 7.52. The normalized spacial score (nSPS) is 10.9. The minimum Gasteiger partial charge on any atom is -0.373 e. The fourth-order valence-corrected chi connectivity index (χ4v) is 1.96. The van der Waals surface area contributed by atoms with Gasteiger partial charge >= 0.3 is 0 Å². The number of aryl methyl sites for hydroxylation is 1. The zero-order chi connectivity index (χ0) is 14.8. The molecule has 0 atom stereocenters. The molecule has 2 aromatic rings. The molecule has 0 fully saturated rings. The Morgan fingerprint density at radius 2 is 2.10 bits per heavy atom. The van der Waals surface area contributed by atoms with Crippen LogP contribution in [-0.4, -0.2) is 23.3 Å². The molecule has 0 aliphatic carbocycles. The van der Waals surface area contributed by atoms with Gasteiger partial charge in [-0.15, -0.1) is 0 Å². The van der Waals surface area contributed by atoms with Crippen LogP contribution in [0.25, 0.3) is 0 Å². The number of aromatic nitrogens is 2. The van der Waals surface area contributed by atoms with Gasteiger partial charge in [-0.05, 0) is 24.9 Å². The molecule has 1 N–H and O–H groups in total. The van der Waals surface area contributed by atoms with E-state index >= 15 is 0 Å². The Morgan fingerprint density at radius 1 is 1.24 bits per heavy atom. The minimum atomic E-state index is 0.423. The molecule has 1 aromatic heterocycles. The number of hydrogen-bond acceptors (Lipinski definition) is 5. The predicted octanol–water partition coefficient (Wildman–Crippen LogP) is 2.72. The van der Waals surface area contributed by atoms with Crippen molar-refractivity contribution in [2.45, 2.75) is 39.3 Å². The van der Waals surface area contributed by atoms with Gasteiger partial charge in [-0.3, -0.25) is 0 Å². The second-order valence-corrected chi connectivity index (χ2v) is 4.92. The van der Waals surface area contributed by atoms with E-state index in [1.54, 1.807) is 0 Å². The number of hydrogen-bond donors (Lipinski definition) is 1. The summed E-state index contributed by atoms with van der Waals surface area (Å²) in [5, 5.41) is 7.27. The lowest BCUT2D eigenvalue weighted by Gasteiger charge is -2.05. The molecule has 0 aliphatic heterocycles. The molecular weight excluding hydrogens is 266 g/mol. The van der Waals surface area contributed by atoms with Crippen molar-refractivity contribution in [3.05, 3.63) is 47.6 Å². The Hall–Kier alpha value is -1.72. The Labute approximate surface area is 125 Å². The Bertz CT molecular complexity index is 499. The van der Waals surface area contributed by atoms with Crippen molar-refractivity contribution in [1.29, 1.82) is 0 Å². The highest BCUT2D eigenvalue weighted by Crippen LogP contribution is 2.02. The molecule has 114 valence electrons. The van der Waals surface area contributed by atoms with E-state index in [4.69, 9.17) is 9.26 Å². The fourth-order valence-electron chi connectivity index (χ4n) is 1.96. The first-order chi connectivity index (χ1) is 10.4. The van der Waals surface area contributed by atoms with Crippen molar-refractivity contribution in [2.75, 3.05) is 13.2 Å². The first-order valence-electron chi connectivity index (χ1n) is 7.52. The van der Waals surface area contributed by atoms with Gasteiger partial charge in [0.2, 0.25) is 5.89 Å². The summed E-state index contributed by atoms with van der Waals surface area (Å²) in [5.74, 6) is 1.33. The van der Waals surface area contributed by atoms with E-state index in [2.05, 4.69) is 46.6 Å². The van der Waals surface area contributed by atoms with Gasteiger partial charge in [0.15, 0.2) is 5.82 Å². The van der Waals surface area contributed by atoms with Crippen molar-refractivity contribution < 1.29 is 9.26 Å². The molecule has 0 bridgehead atoms. The van der Waals surface area contributed by atoms with Gasteiger partial charge < -0.3 is 14.6 Å². The van der Waals surface area contributed by atoms with E-state index in [0.717, 1.165) is 32.4 Å². The van der Waals surface area contributed by atoms with Gasteiger partial charge in [-0.2, -0.15) is 4.98 Å². The summed E-state index contributed by atoms with van der Waals surface area (Å²) < 4.78 is 10.6. The highest BCUT2D eigenvalue weighted by atomic mass is 16.5. The van der Waals surface area contributed by atoms with Gasteiger partial charge in [0, 0.05) is 19.6 Å². The van der Waals surface area contributed by atoms with Gasteiger partial charge in [0.1, 0.15) is 6.61 Å². The summed E-state index contributed by atoms with van der Waals surface area (Å²) in [6.07, 6.45) is 2.80. The monoisotopic (exact) mass is 289 g/mol. The second-order valence-electron chi connectivity index (χ2n) is 4.92. The molecule has 0 radical (unpaired) electrons. The maximum Gasteiger partial charge on any atom is 0.226 e. The molecule has 5 nitrogen and oxygen atoms in total. The summed E-state index contributed by atoms with van der Waals surface area (Å²) >= 11 is 0. The summed E-state index contributed by atoms with van der Waals surface area (Å²) in [6, 6.07) is 10.4. The third-order valence-electron chi connectivity index (χ3n) is 3.02. The highest BCUT2D eigenvalue weighted by molar-refractivity contribution is 5.14. The van der Waals surface area contributed by atoms with E-state index in [9.17, 15) is 0 Å². The van der Waals surface area contributed by atoms with Crippen LogP contribution >= 0.6 is 0 Å². The van der Waals surface area contributed by atoms with E-state index in [1.165, 1.54) is 5.56 Å². The third kappa shape index (κ3) is 6.06. The maximum absolute atomic E-state index is 5.54. The smallest absolute Gasteiger partial charge is 0.226 e. The van der Waals surface area contributed by atoms with Crippen LogP contribution < -0.4 is 5.32 Å². The van der Waals surface area contributed by atoms with Crippen LogP contribution in [0, 0.1) is 0 Å². The summed E-state index contributed by atoms with van der Waals surface area (Å²) in [6.45, 7) is 5.03. The molecular formula is C16H23N3O2. The molecule has 0 spiro atoms. The zero-order valence-electron chi connectivity index (χ0n) is 12.5. The van der Waals surface area contributed by atoms with Crippen LogP contribution in [0.3, 0.4) is 0 Å². The molecule has 2 rings (SSSR count). The van der Waals surface area contributed by atoms with Crippen molar-refractivity contribution in [3.63, 3.8) is 0 Å². The van der Waals surface area contributed by atoms with E-state index < -0.39 is 0 Å². The standard InChI is InChI=1S/C16H23N3O2/c1-2-7-16-18-15(19-21-16)13-20-11-6-10-17-12-14-8-4-3-5-9-14/h3-5,8-9,17H,2,6-7,10-13H2,1H3. The molecule has 0 amide bonds. The average Bonchev–Trinajstić information content (AvgIpc) is 2.95. The lowest BCUT2D eigenvalue weighted by Crippen LogP contribution is -2.16. The molecule has 0 saturated heterocycles. The lowest BCUT2D eigenvalue weighted by atomic mass is 10.2. The van der Waals surface area contributed by atoms with Gasteiger partial charge in [0.25, 0.3) is 0 Å². The van der Waals surface area contributed by atoms with Crippen LogP contribution in [0.4, 0.5) is 0 Å². The van der Waals surface area contributed by atoms with E-state index in [-0.39, 0.29) is 0 Å². The number of benzene rings is 1. The SMILES string of the molecule is CCCc1nc(COCCCNCc2ccccc2)no1. The molecule has 1 heterocycles. The van der Waals surface area contributed by atoms with Gasteiger partial charge in [-0.1, -0.05) is 42.4 Å². The van der Waals surface area contributed by atoms with Crippen molar-refractivity contribution in [2.24, 2.45) is 0 Å². The van der Waals surface area contributed by atoms with Crippen molar-refractivity contribution in [1.82, 2.24) is 15.5 Å². The topological polar surface area (TPSA) is 60.2 Å². The highest BCUT2D eigenvalue weighted by Gasteiger charge is 2.04.